The lowest BCUT2D eigenvalue weighted by atomic mass is 10.0. The van der Waals surface area contributed by atoms with Gasteiger partial charge in [0, 0.05) is 30.8 Å². The van der Waals surface area contributed by atoms with Crippen molar-refractivity contribution < 1.29 is 19.0 Å². The number of halogens is 1. The number of allylic oxidation sites excluding steroid dienone is 1. The maximum Gasteiger partial charge on any atom is 0.254 e. The van der Waals surface area contributed by atoms with E-state index in [2.05, 4.69) is 6.58 Å². The zero-order valence-electron chi connectivity index (χ0n) is 16.2. The summed E-state index contributed by atoms with van der Waals surface area (Å²) >= 11 is 0. The first-order chi connectivity index (χ1) is 12.6. The van der Waals surface area contributed by atoms with E-state index in [0.29, 0.717) is 49.7 Å². The number of piperidine rings is 1. The van der Waals surface area contributed by atoms with Crippen LogP contribution in [0.1, 0.15) is 35.2 Å². The van der Waals surface area contributed by atoms with E-state index in [4.69, 9.17) is 19.9 Å². The van der Waals surface area contributed by atoms with Crippen molar-refractivity contribution in [2.24, 2.45) is 5.73 Å². The standard InChI is InChI=1S/C20H30N2O4.ClH/c1-4-6-15-13-16(14-18(24-2)19(15)25-3)20(23)22-10-7-17(8-11-22)26-12-5-9-21;/h4,13-14,17H,1,5-12,21H2,2-3H3;1H. The highest BCUT2D eigenvalue weighted by Gasteiger charge is 2.25. The SMILES string of the molecule is C=CCc1cc(C(=O)N2CCC(OCCCN)CC2)cc(OC)c1OC.Cl. The molecule has 0 radical (unpaired) electrons. The van der Waals surface area contributed by atoms with Crippen LogP contribution in [0.25, 0.3) is 0 Å². The number of hydrogen-bond acceptors (Lipinski definition) is 5. The molecule has 152 valence electrons. The average molecular weight is 399 g/mol. The minimum Gasteiger partial charge on any atom is -0.493 e. The van der Waals surface area contributed by atoms with Gasteiger partial charge in [-0.05, 0) is 44.4 Å². The Balaban J connectivity index is 0.00000364. The van der Waals surface area contributed by atoms with Crippen LogP contribution in [0.3, 0.4) is 0 Å². The lowest BCUT2D eigenvalue weighted by Crippen LogP contribution is -2.41. The van der Waals surface area contributed by atoms with Crippen molar-refractivity contribution in [2.45, 2.75) is 31.8 Å². The Morgan fingerprint density at radius 2 is 2.00 bits per heavy atom. The molecule has 0 spiro atoms. The minimum atomic E-state index is 0. The van der Waals surface area contributed by atoms with Crippen LogP contribution in [-0.2, 0) is 11.2 Å². The fraction of sp³-hybridized carbons (Fsp3) is 0.550. The van der Waals surface area contributed by atoms with Gasteiger partial charge in [-0.1, -0.05) is 6.08 Å². The van der Waals surface area contributed by atoms with Crippen LogP contribution in [0.4, 0.5) is 0 Å². The van der Waals surface area contributed by atoms with Crippen LogP contribution in [-0.4, -0.2) is 57.4 Å². The fourth-order valence-corrected chi connectivity index (χ4v) is 3.22. The third-order valence-corrected chi connectivity index (χ3v) is 4.60. The number of likely N-dealkylation sites (tertiary alicyclic amines) is 1. The molecule has 0 bridgehead atoms. The first kappa shape index (κ1) is 23.3. The highest BCUT2D eigenvalue weighted by atomic mass is 35.5. The van der Waals surface area contributed by atoms with E-state index in [1.54, 1.807) is 26.4 Å². The molecule has 0 aliphatic carbocycles. The molecule has 2 rings (SSSR count). The Bertz CT molecular complexity index is 616. The summed E-state index contributed by atoms with van der Waals surface area (Å²) in [5.41, 5.74) is 7.00. The largest absolute Gasteiger partial charge is 0.493 e. The van der Waals surface area contributed by atoms with E-state index in [9.17, 15) is 4.79 Å². The summed E-state index contributed by atoms with van der Waals surface area (Å²) in [6.07, 6.45) is 5.18. The number of rotatable bonds is 9. The van der Waals surface area contributed by atoms with Gasteiger partial charge in [-0.3, -0.25) is 4.79 Å². The van der Waals surface area contributed by atoms with Gasteiger partial charge in [0.15, 0.2) is 11.5 Å². The molecule has 1 saturated heterocycles. The van der Waals surface area contributed by atoms with E-state index in [1.807, 2.05) is 11.0 Å². The minimum absolute atomic E-state index is 0. The number of carbonyl (C=O) groups is 1. The summed E-state index contributed by atoms with van der Waals surface area (Å²) in [7, 11) is 3.18. The van der Waals surface area contributed by atoms with Gasteiger partial charge in [-0.2, -0.15) is 0 Å². The van der Waals surface area contributed by atoms with Gasteiger partial charge in [-0.15, -0.1) is 19.0 Å². The number of benzene rings is 1. The van der Waals surface area contributed by atoms with E-state index >= 15 is 0 Å². The topological polar surface area (TPSA) is 74.0 Å². The summed E-state index contributed by atoms with van der Waals surface area (Å²) in [5, 5.41) is 0. The highest BCUT2D eigenvalue weighted by molar-refractivity contribution is 5.95. The number of methoxy groups -OCH3 is 2. The molecule has 1 fully saturated rings. The van der Waals surface area contributed by atoms with Crippen LogP contribution in [0, 0.1) is 0 Å². The Morgan fingerprint density at radius 1 is 1.30 bits per heavy atom. The van der Waals surface area contributed by atoms with Crippen LogP contribution in [0.5, 0.6) is 11.5 Å². The molecule has 27 heavy (non-hydrogen) atoms. The fourth-order valence-electron chi connectivity index (χ4n) is 3.22. The molecule has 1 heterocycles. The smallest absolute Gasteiger partial charge is 0.254 e. The molecule has 1 aliphatic rings. The van der Waals surface area contributed by atoms with Crippen molar-refractivity contribution in [3.05, 3.63) is 35.9 Å². The normalized spacial score (nSPS) is 14.4. The molecule has 7 heteroatoms. The second-order valence-electron chi connectivity index (χ2n) is 6.37. The van der Waals surface area contributed by atoms with Gasteiger partial charge in [0.1, 0.15) is 0 Å². The van der Waals surface area contributed by atoms with Crippen molar-refractivity contribution in [1.29, 1.82) is 0 Å². The number of hydrogen-bond donors (Lipinski definition) is 1. The lowest BCUT2D eigenvalue weighted by molar-refractivity contribution is 0.00843. The molecule has 0 saturated carbocycles. The molecule has 1 aromatic carbocycles. The Hall–Kier alpha value is -1.76. The van der Waals surface area contributed by atoms with Crippen molar-refractivity contribution >= 4 is 18.3 Å². The second-order valence-corrected chi connectivity index (χ2v) is 6.37. The number of nitrogens with two attached hydrogens (primary N) is 1. The molecule has 0 atom stereocenters. The third kappa shape index (κ3) is 6.13. The van der Waals surface area contributed by atoms with Gasteiger partial charge >= 0.3 is 0 Å². The third-order valence-electron chi connectivity index (χ3n) is 4.60. The van der Waals surface area contributed by atoms with Crippen LogP contribution in [0.15, 0.2) is 24.8 Å². The molecule has 0 aromatic heterocycles. The van der Waals surface area contributed by atoms with Crippen molar-refractivity contribution in [3.63, 3.8) is 0 Å². The maximum absolute atomic E-state index is 12.9. The molecule has 1 aliphatic heterocycles. The predicted octanol–water partition coefficient (Wildman–Crippen LogP) is 2.82. The summed E-state index contributed by atoms with van der Waals surface area (Å²) in [6, 6.07) is 3.62. The molecular formula is C20H31ClN2O4. The molecule has 0 unspecified atom stereocenters. The average Bonchev–Trinajstić information content (AvgIpc) is 2.67. The number of ether oxygens (including phenoxy) is 3. The van der Waals surface area contributed by atoms with Crippen LogP contribution >= 0.6 is 12.4 Å². The Kier molecular flexibility index (Phi) is 10.2. The summed E-state index contributed by atoms with van der Waals surface area (Å²) < 4.78 is 16.7. The maximum atomic E-state index is 12.9. The van der Waals surface area contributed by atoms with Gasteiger partial charge in [-0.25, -0.2) is 0 Å². The first-order valence-electron chi connectivity index (χ1n) is 9.11. The quantitative estimate of drug-likeness (QED) is 0.511. The van der Waals surface area contributed by atoms with Gasteiger partial charge < -0.3 is 24.8 Å². The Morgan fingerprint density at radius 3 is 2.56 bits per heavy atom. The monoisotopic (exact) mass is 398 g/mol. The number of amides is 1. The summed E-state index contributed by atoms with van der Waals surface area (Å²) in [4.78, 5) is 14.8. The summed E-state index contributed by atoms with van der Waals surface area (Å²) in [5.74, 6) is 1.22. The van der Waals surface area contributed by atoms with Gasteiger partial charge in [0.25, 0.3) is 5.91 Å². The van der Waals surface area contributed by atoms with Crippen LogP contribution in [0.2, 0.25) is 0 Å². The van der Waals surface area contributed by atoms with Crippen molar-refractivity contribution in [1.82, 2.24) is 4.90 Å². The van der Waals surface area contributed by atoms with E-state index in [1.165, 1.54) is 0 Å². The number of carbonyl (C=O) groups excluding carboxylic acids is 1. The lowest BCUT2D eigenvalue weighted by Gasteiger charge is -2.32. The molecular weight excluding hydrogens is 368 g/mol. The van der Waals surface area contributed by atoms with E-state index in [-0.39, 0.29) is 24.4 Å². The molecule has 1 amide bonds. The van der Waals surface area contributed by atoms with E-state index in [0.717, 1.165) is 24.8 Å². The van der Waals surface area contributed by atoms with Crippen molar-refractivity contribution in [3.8, 4) is 11.5 Å². The second kappa shape index (κ2) is 11.8. The number of nitrogens with zero attached hydrogens (tertiary/aromatic N) is 1. The predicted molar refractivity (Wildman–Crippen MR) is 109 cm³/mol. The molecule has 2 N–H and O–H groups in total. The van der Waals surface area contributed by atoms with E-state index < -0.39 is 0 Å². The highest BCUT2D eigenvalue weighted by Crippen LogP contribution is 2.34. The first-order valence-corrected chi connectivity index (χ1v) is 9.11. The zero-order chi connectivity index (χ0) is 18.9. The van der Waals surface area contributed by atoms with Crippen molar-refractivity contribution in [2.75, 3.05) is 40.5 Å². The molecule has 1 aromatic rings. The molecule has 6 nitrogen and oxygen atoms in total. The summed E-state index contributed by atoms with van der Waals surface area (Å²) in [6.45, 7) is 6.49. The zero-order valence-corrected chi connectivity index (χ0v) is 17.1. The Labute approximate surface area is 168 Å². The van der Waals surface area contributed by atoms with Crippen LogP contribution < -0.4 is 15.2 Å². The van der Waals surface area contributed by atoms with Gasteiger partial charge in [0.2, 0.25) is 0 Å². The van der Waals surface area contributed by atoms with Gasteiger partial charge in [0.05, 0.1) is 20.3 Å².